The number of nitrogens with one attached hydrogen (secondary N) is 1. The normalized spacial score (nSPS) is 17.2. The van der Waals surface area contributed by atoms with Gasteiger partial charge < -0.3 is 10.2 Å². The van der Waals surface area contributed by atoms with E-state index in [1.807, 2.05) is 0 Å². The van der Waals surface area contributed by atoms with Crippen LogP contribution in [0.2, 0.25) is 5.02 Å². The predicted octanol–water partition coefficient (Wildman–Crippen LogP) is 2.72. The standard InChI is InChI=1S/C17H15ClFN3O2/c1-10-12(3-2-7-20-10)16(23)21-15-6-8-22(17(15)24)11-4-5-13(18)14(19)9-11/h2-5,7,9,15H,6,8H2,1H3,(H,21,23)/t15-/m1/s1. The maximum Gasteiger partial charge on any atom is 0.253 e. The fourth-order valence-electron chi connectivity index (χ4n) is 2.68. The molecule has 24 heavy (non-hydrogen) atoms. The molecule has 1 aromatic heterocycles. The molecule has 1 saturated heterocycles. The Balaban J connectivity index is 1.73. The fraction of sp³-hybridized carbons (Fsp3) is 0.235. The first-order valence-electron chi connectivity index (χ1n) is 7.46. The van der Waals surface area contributed by atoms with E-state index in [1.54, 1.807) is 31.3 Å². The lowest BCUT2D eigenvalue weighted by atomic mass is 10.1. The van der Waals surface area contributed by atoms with Gasteiger partial charge in [0.2, 0.25) is 5.91 Å². The minimum Gasteiger partial charge on any atom is -0.340 e. The van der Waals surface area contributed by atoms with Crippen LogP contribution in [-0.4, -0.2) is 29.4 Å². The van der Waals surface area contributed by atoms with Gasteiger partial charge in [-0.25, -0.2) is 4.39 Å². The lowest BCUT2D eigenvalue weighted by Gasteiger charge is -2.17. The second kappa shape index (κ2) is 6.57. The number of benzene rings is 1. The third kappa shape index (κ3) is 3.10. The highest BCUT2D eigenvalue weighted by molar-refractivity contribution is 6.30. The van der Waals surface area contributed by atoms with Crippen LogP contribution >= 0.6 is 11.6 Å². The monoisotopic (exact) mass is 347 g/mol. The Bertz CT molecular complexity index is 812. The van der Waals surface area contributed by atoms with E-state index < -0.39 is 11.9 Å². The molecule has 1 aliphatic heterocycles. The van der Waals surface area contributed by atoms with Crippen molar-refractivity contribution in [1.29, 1.82) is 0 Å². The summed E-state index contributed by atoms with van der Waals surface area (Å²) >= 11 is 5.66. The molecule has 1 N–H and O–H groups in total. The maximum absolute atomic E-state index is 13.6. The van der Waals surface area contributed by atoms with Crippen LogP contribution in [0.4, 0.5) is 10.1 Å². The average Bonchev–Trinajstić information content (AvgIpc) is 2.91. The summed E-state index contributed by atoms with van der Waals surface area (Å²) in [5.41, 5.74) is 1.45. The Morgan fingerprint density at radius 1 is 1.42 bits per heavy atom. The third-order valence-electron chi connectivity index (χ3n) is 3.98. The molecular formula is C17H15ClFN3O2. The summed E-state index contributed by atoms with van der Waals surface area (Å²) in [4.78, 5) is 30.3. The minimum absolute atomic E-state index is 0.00213. The molecular weight excluding hydrogens is 333 g/mol. The summed E-state index contributed by atoms with van der Waals surface area (Å²) in [5.74, 6) is -1.20. The largest absolute Gasteiger partial charge is 0.340 e. The number of nitrogens with zero attached hydrogens (tertiary/aromatic N) is 2. The zero-order valence-electron chi connectivity index (χ0n) is 12.9. The molecule has 0 unspecified atom stereocenters. The van der Waals surface area contributed by atoms with E-state index in [9.17, 15) is 14.0 Å². The Morgan fingerprint density at radius 3 is 2.92 bits per heavy atom. The van der Waals surface area contributed by atoms with E-state index in [1.165, 1.54) is 17.0 Å². The van der Waals surface area contributed by atoms with E-state index in [0.717, 1.165) is 0 Å². The molecule has 1 aromatic carbocycles. The van der Waals surface area contributed by atoms with Gasteiger partial charge in [0.15, 0.2) is 0 Å². The number of carbonyl (C=O) groups excluding carboxylic acids is 2. The van der Waals surface area contributed by atoms with Gasteiger partial charge in [-0.05, 0) is 43.7 Å². The molecule has 0 radical (unpaired) electrons. The summed E-state index contributed by atoms with van der Waals surface area (Å²) in [5, 5.41) is 2.72. The second-order valence-electron chi connectivity index (χ2n) is 5.54. The molecule has 2 heterocycles. The predicted molar refractivity (Wildman–Crippen MR) is 88.6 cm³/mol. The number of rotatable bonds is 3. The van der Waals surface area contributed by atoms with E-state index in [2.05, 4.69) is 10.3 Å². The molecule has 1 aliphatic rings. The van der Waals surface area contributed by atoms with Crippen molar-refractivity contribution < 1.29 is 14.0 Å². The SMILES string of the molecule is Cc1ncccc1C(=O)N[C@@H]1CCN(c2ccc(Cl)c(F)c2)C1=O. The Morgan fingerprint density at radius 2 is 2.21 bits per heavy atom. The molecule has 3 rings (SSSR count). The molecule has 2 aromatic rings. The van der Waals surface area contributed by atoms with Crippen molar-refractivity contribution in [3.8, 4) is 0 Å². The number of pyridine rings is 1. The van der Waals surface area contributed by atoms with Crippen molar-refractivity contribution in [2.75, 3.05) is 11.4 Å². The van der Waals surface area contributed by atoms with E-state index in [0.29, 0.717) is 29.9 Å². The second-order valence-corrected chi connectivity index (χ2v) is 5.95. The van der Waals surface area contributed by atoms with Crippen LogP contribution in [-0.2, 0) is 4.79 Å². The molecule has 124 valence electrons. The molecule has 5 nitrogen and oxygen atoms in total. The van der Waals surface area contributed by atoms with Crippen LogP contribution in [0.25, 0.3) is 0 Å². The van der Waals surface area contributed by atoms with Gasteiger partial charge >= 0.3 is 0 Å². The van der Waals surface area contributed by atoms with Gasteiger partial charge in [-0.3, -0.25) is 14.6 Å². The van der Waals surface area contributed by atoms with Crippen LogP contribution in [0.15, 0.2) is 36.5 Å². The fourth-order valence-corrected chi connectivity index (χ4v) is 2.80. The van der Waals surface area contributed by atoms with Gasteiger partial charge in [0.25, 0.3) is 5.91 Å². The highest BCUT2D eigenvalue weighted by atomic mass is 35.5. The first-order valence-corrected chi connectivity index (χ1v) is 7.84. The number of amides is 2. The van der Waals surface area contributed by atoms with Crippen LogP contribution in [0.3, 0.4) is 0 Å². The van der Waals surface area contributed by atoms with Crippen LogP contribution in [0.5, 0.6) is 0 Å². The van der Waals surface area contributed by atoms with E-state index >= 15 is 0 Å². The lowest BCUT2D eigenvalue weighted by Crippen LogP contribution is -2.41. The van der Waals surface area contributed by atoms with Crippen molar-refractivity contribution in [2.45, 2.75) is 19.4 Å². The number of aromatic nitrogens is 1. The number of hydrogen-bond acceptors (Lipinski definition) is 3. The number of anilines is 1. The van der Waals surface area contributed by atoms with Crippen molar-refractivity contribution >= 4 is 29.1 Å². The minimum atomic E-state index is -0.643. The number of aryl methyl sites for hydroxylation is 1. The van der Waals surface area contributed by atoms with Crippen molar-refractivity contribution in [1.82, 2.24) is 10.3 Å². The zero-order chi connectivity index (χ0) is 17.3. The Hall–Kier alpha value is -2.47. The van der Waals surface area contributed by atoms with Gasteiger partial charge in [-0.1, -0.05) is 11.6 Å². The molecule has 0 spiro atoms. The molecule has 2 amide bonds. The summed E-state index contributed by atoms with van der Waals surface area (Å²) in [6.07, 6.45) is 2.05. The maximum atomic E-state index is 13.6. The average molecular weight is 348 g/mol. The Labute approximate surface area is 143 Å². The first kappa shape index (κ1) is 16.4. The zero-order valence-corrected chi connectivity index (χ0v) is 13.7. The molecule has 0 saturated carbocycles. The molecule has 1 fully saturated rings. The van der Waals surface area contributed by atoms with Crippen LogP contribution < -0.4 is 10.2 Å². The van der Waals surface area contributed by atoms with Crippen molar-refractivity contribution in [2.24, 2.45) is 0 Å². The number of hydrogen-bond donors (Lipinski definition) is 1. The van der Waals surface area contributed by atoms with Crippen LogP contribution in [0, 0.1) is 12.7 Å². The lowest BCUT2D eigenvalue weighted by molar-refractivity contribution is -0.118. The third-order valence-corrected chi connectivity index (χ3v) is 4.28. The van der Waals surface area contributed by atoms with Crippen molar-refractivity contribution in [3.05, 3.63) is 58.6 Å². The van der Waals surface area contributed by atoms with Gasteiger partial charge in [-0.2, -0.15) is 0 Å². The summed E-state index contributed by atoms with van der Waals surface area (Å²) in [6, 6.07) is 6.89. The first-order chi connectivity index (χ1) is 11.5. The summed E-state index contributed by atoms with van der Waals surface area (Å²) in [6.45, 7) is 2.13. The van der Waals surface area contributed by atoms with Crippen molar-refractivity contribution in [3.63, 3.8) is 0 Å². The van der Waals surface area contributed by atoms with Gasteiger partial charge in [0.1, 0.15) is 11.9 Å². The molecule has 0 aliphatic carbocycles. The van der Waals surface area contributed by atoms with Gasteiger partial charge in [0, 0.05) is 24.1 Å². The number of halogens is 2. The highest BCUT2D eigenvalue weighted by Gasteiger charge is 2.34. The summed E-state index contributed by atoms with van der Waals surface area (Å²) in [7, 11) is 0. The van der Waals surface area contributed by atoms with Crippen LogP contribution in [0.1, 0.15) is 22.5 Å². The smallest absolute Gasteiger partial charge is 0.253 e. The number of carbonyl (C=O) groups is 2. The van der Waals surface area contributed by atoms with Gasteiger partial charge in [-0.15, -0.1) is 0 Å². The quantitative estimate of drug-likeness (QED) is 0.928. The Kier molecular flexibility index (Phi) is 4.49. The molecule has 1 atom stereocenters. The highest BCUT2D eigenvalue weighted by Crippen LogP contribution is 2.26. The van der Waals surface area contributed by atoms with E-state index in [4.69, 9.17) is 11.6 Å². The molecule has 7 heteroatoms. The topological polar surface area (TPSA) is 62.3 Å². The molecule has 0 bridgehead atoms. The van der Waals surface area contributed by atoms with Gasteiger partial charge in [0.05, 0.1) is 10.6 Å². The van der Waals surface area contributed by atoms with E-state index in [-0.39, 0.29) is 16.8 Å². The summed E-state index contributed by atoms with van der Waals surface area (Å²) < 4.78 is 13.6.